The van der Waals surface area contributed by atoms with E-state index in [1.165, 1.54) is 16.0 Å². The van der Waals surface area contributed by atoms with E-state index in [1.54, 1.807) is 11.3 Å². The number of nitrogens with one attached hydrogen (secondary N) is 2. The predicted molar refractivity (Wildman–Crippen MR) is 84.9 cm³/mol. The van der Waals surface area contributed by atoms with Gasteiger partial charge in [-0.25, -0.2) is 14.8 Å². The van der Waals surface area contributed by atoms with Gasteiger partial charge in [0.05, 0.1) is 19.9 Å². The van der Waals surface area contributed by atoms with Gasteiger partial charge in [0, 0.05) is 6.54 Å². The first kappa shape index (κ1) is 13.3. The minimum atomic E-state index is -0.227. The minimum absolute atomic E-state index is 0.227. The molecule has 0 unspecified atom stereocenters. The number of aryl methyl sites for hydroxylation is 1. The highest BCUT2D eigenvalue weighted by Gasteiger charge is 2.12. The Morgan fingerprint density at radius 2 is 2.10 bits per heavy atom. The van der Waals surface area contributed by atoms with Crippen LogP contribution in [0.2, 0.25) is 0 Å². The Bertz CT molecular complexity index is 777. The molecule has 1 aromatic carbocycles. The van der Waals surface area contributed by atoms with Crippen molar-refractivity contribution in [3.8, 4) is 0 Å². The molecule has 7 heteroatoms. The Labute approximate surface area is 124 Å². The topological polar surface area (TPSA) is 66.9 Å². The van der Waals surface area contributed by atoms with Crippen LogP contribution in [-0.4, -0.2) is 22.5 Å². The number of aromatic nitrogens is 2. The van der Waals surface area contributed by atoms with E-state index in [0.717, 1.165) is 27.2 Å². The highest BCUT2D eigenvalue weighted by Crippen LogP contribution is 2.34. The Morgan fingerprint density at radius 3 is 2.85 bits per heavy atom. The van der Waals surface area contributed by atoms with Gasteiger partial charge in [-0.2, -0.15) is 0 Å². The molecular formula is C13H14N4OS2. The molecular weight excluding hydrogens is 292 g/mol. The van der Waals surface area contributed by atoms with Crippen LogP contribution in [0.4, 0.5) is 9.93 Å². The zero-order valence-corrected chi connectivity index (χ0v) is 12.8. The third kappa shape index (κ3) is 2.34. The van der Waals surface area contributed by atoms with E-state index in [1.807, 2.05) is 19.1 Å². The van der Waals surface area contributed by atoms with Crippen LogP contribution in [0.1, 0.15) is 18.9 Å². The minimum Gasteiger partial charge on any atom is -0.338 e. The van der Waals surface area contributed by atoms with Gasteiger partial charge in [-0.3, -0.25) is 5.32 Å². The van der Waals surface area contributed by atoms with E-state index in [2.05, 4.69) is 27.5 Å². The standard InChI is InChI=1S/C13H14N4OS2/c1-3-9-16-10-8(19-9)6-5-7-11(10)20-13(15-7)17-12(18)14-4-2/h5-6H,3-4H2,1-2H3,(H2,14,15,17,18). The number of rotatable bonds is 3. The Kier molecular flexibility index (Phi) is 3.54. The molecule has 0 saturated carbocycles. The number of thiazole rings is 2. The second kappa shape index (κ2) is 5.34. The number of fused-ring (bicyclic) bond motifs is 3. The number of anilines is 1. The average Bonchev–Trinajstić information content (AvgIpc) is 3.00. The molecule has 3 aromatic rings. The number of hydrogen-bond donors (Lipinski definition) is 2. The summed E-state index contributed by atoms with van der Waals surface area (Å²) in [6.07, 6.45) is 0.934. The van der Waals surface area contributed by atoms with Crippen molar-refractivity contribution in [2.75, 3.05) is 11.9 Å². The lowest BCUT2D eigenvalue weighted by Crippen LogP contribution is -2.28. The van der Waals surface area contributed by atoms with E-state index >= 15 is 0 Å². The summed E-state index contributed by atoms with van der Waals surface area (Å²) in [5, 5.41) is 7.17. The number of urea groups is 1. The molecule has 0 aliphatic rings. The van der Waals surface area contributed by atoms with E-state index < -0.39 is 0 Å². The molecule has 2 N–H and O–H groups in total. The lowest BCUT2D eigenvalue weighted by atomic mass is 10.3. The van der Waals surface area contributed by atoms with E-state index in [-0.39, 0.29) is 6.03 Å². The Morgan fingerprint density at radius 1 is 1.25 bits per heavy atom. The quantitative estimate of drug-likeness (QED) is 0.777. The van der Waals surface area contributed by atoms with Gasteiger partial charge in [0.2, 0.25) is 0 Å². The number of amides is 2. The second-order valence-electron chi connectivity index (χ2n) is 4.23. The third-order valence-electron chi connectivity index (χ3n) is 2.82. The highest BCUT2D eigenvalue weighted by atomic mass is 32.1. The zero-order valence-electron chi connectivity index (χ0n) is 11.2. The SMILES string of the molecule is CCNC(=O)Nc1nc2ccc3sc(CC)nc3c2s1. The van der Waals surface area contributed by atoms with E-state index in [9.17, 15) is 4.79 Å². The summed E-state index contributed by atoms with van der Waals surface area (Å²) in [5.41, 5.74) is 1.87. The first-order chi connectivity index (χ1) is 9.71. The smallest absolute Gasteiger partial charge is 0.321 e. The van der Waals surface area contributed by atoms with Crippen LogP contribution in [0.25, 0.3) is 20.4 Å². The molecule has 0 radical (unpaired) electrons. The van der Waals surface area contributed by atoms with Crippen molar-refractivity contribution >= 4 is 54.3 Å². The van der Waals surface area contributed by atoms with Crippen LogP contribution >= 0.6 is 22.7 Å². The van der Waals surface area contributed by atoms with Crippen molar-refractivity contribution < 1.29 is 4.79 Å². The van der Waals surface area contributed by atoms with Gasteiger partial charge in [0.1, 0.15) is 5.52 Å². The van der Waals surface area contributed by atoms with Gasteiger partial charge in [0.15, 0.2) is 5.13 Å². The van der Waals surface area contributed by atoms with E-state index in [0.29, 0.717) is 11.7 Å². The van der Waals surface area contributed by atoms with Crippen LogP contribution < -0.4 is 10.6 Å². The number of nitrogens with zero attached hydrogens (tertiary/aromatic N) is 2. The van der Waals surface area contributed by atoms with Crippen LogP contribution in [0.3, 0.4) is 0 Å². The number of carbonyl (C=O) groups excluding carboxylic acids is 1. The zero-order chi connectivity index (χ0) is 14.1. The van der Waals surface area contributed by atoms with Gasteiger partial charge in [-0.15, -0.1) is 11.3 Å². The summed E-state index contributed by atoms with van der Waals surface area (Å²) < 4.78 is 2.20. The summed E-state index contributed by atoms with van der Waals surface area (Å²) >= 11 is 3.18. The molecule has 0 fully saturated rings. The number of benzene rings is 1. The summed E-state index contributed by atoms with van der Waals surface area (Å²) in [5.74, 6) is 0. The van der Waals surface area contributed by atoms with Crippen molar-refractivity contribution in [2.45, 2.75) is 20.3 Å². The summed E-state index contributed by atoms with van der Waals surface area (Å²) in [6.45, 7) is 4.57. The molecule has 5 nitrogen and oxygen atoms in total. The maximum atomic E-state index is 11.5. The molecule has 3 rings (SSSR count). The highest BCUT2D eigenvalue weighted by molar-refractivity contribution is 7.24. The van der Waals surface area contributed by atoms with Crippen LogP contribution in [0.5, 0.6) is 0 Å². The average molecular weight is 306 g/mol. The molecule has 0 atom stereocenters. The monoisotopic (exact) mass is 306 g/mol. The Balaban J connectivity index is 2.03. The largest absolute Gasteiger partial charge is 0.338 e. The fourth-order valence-electron chi connectivity index (χ4n) is 1.93. The van der Waals surface area contributed by atoms with Gasteiger partial charge in [0.25, 0.3) is 0 Å². The van der Waals surface area contributed by atoms with Gasteiger partial charge < -0.3 is 5.32 Å². The maximum Gasteiger partial charge on any atom is 0.321 e. The molecule has 2 amide bonds. The molecule has 2 heterocycles. The predicted octanol–water partition coefficient (Wildman–Crippen LogP) is 3.61. The molecule has 0 aliphatic heterocycles. The van der Waals surface area contributed by atoms with E-state index in [4.69, 9.17) is 0 Å². The molecule has 2 aromatic heterocycles. The first-order valence-electron chi connectivity index (χ1n) is 6.45. The van der Waals surface area contributed by atoms with Crippen LogP contribution in [0, 0.1) is 0 Å². The third-order valence-corrected chi connectivity index (χ3v) is 4.98. The van der Waals surface area contributed by atoms with Gasteiger partial charge >= 0.3 is 6.03 Å². The fourth-order valence-corrected chi connectivity index (χ4v) is 3.86. The lowest BCUT2D eigenvalue weighted by molar-refractivity contribution is 0.252. The fraction of sp³-hybridized carbons (Fsp3) is 0.308. The Hall–Kier alpha value is -1.73. The summed E-state index contributed by atoms with van der Waals surface area (Å²) in [6, 6.07) is 3.80. The van der Waals surface area contributed by atoms with Gasteiger partial charge in [-0.05, 0) is 25.5 Å². The molecule has 0 spiro atoms. The van der Waals surface area contributed by atoms with Gasteiger partial charge in [-0.1, -0.05) is 18.3 Å². The summed E-state index contributed by atoms with van der Waals surface area (Å²) in [7, 11) is 0. The molecule has 0 saturated heterocycles. The van der Waals surface area contributed by atoms with Crippen molar-refractivity contribution in [1.29, 1.82) is 0 Å². The molecule has 0 bridgehead atoms. The van der Waals surface area contributed by atoms with Crippen LogP contribution in [-0.2, 0) is 6.42 Å². The number of carbonyl (C=O) groups is 1. The molecule has 0 aliphatic carbocycles. The maximum absolute atomic E-state index is 11.5. The second-order valence-corrected chi connectivity index (χ2v) is 6.34. The summed E-state index contributed by atoms with van der Waals surface area (Å²) in [4.78, 5) is 20.6. The first-order valence-corrected chi connectivity index (χ1v) is 8.08. The van der Waals surface area contributed by atoms with Crippen molar-refractivity contribution in [3.05, 3.63) is 17.1 Å². The van der Waals surface area contributed by atoms with Crippen molar-refractivity contribution in [2.24, 2.45) is 0 Å². The lowest BCUT2D eigenvalue weighted by Gasteiger charge is -2.00. The van der Waals surface area contributed by atoms with Crippen molar-refractivity contribution in [3.63, 3.8) is 0 Å². The normalized spacial score (nSPS) is 11.1. The number of hydrogen-bond acceptors (Lipinski definition) is 5. The molecule has 20 heavy (non-hydrogen) atoms. The van der Waals surface area contributed by atoms with Crippen molar-refractivity contribution in [1.82, 2.24) is 15.3 Å². The molecule has 104 valence electrons. The van der Waals surface area contributed by atoms with Crippen LogP contribution in [0.15, 0.2) is 12.1 Å².